The van der Waals surface area contributed by atoms with E-state index in [1.807, 2.05) is 51.1 Å². The Morgan fingerprint density at radius 2 is 1.63 bits per heavy atom. The highest BCUT2D eigenvalue weighted by Gasteiger charge is 2.21. The quantitative estimate of drug-likeness (QED) is 0.578. The van der Waals surface area contributed by atoms with Crippen molar-refractivity contribution in [2.45, 2.75) is 38.3 Å². The van der Waals surface area contributed by atoms with Crippen LogP contribution in [0, 0.1) is 12.8 Å². The van der Waals surface area contributed by atoms with Crippen molar-refractivity contribution in [3.05, 3.63) is 65.7 Å². The highest BCUT2D eigenvalue weighted by Crippen LogP contribution is 2.08. The van der Waals surface area contributed by atoms with Crippen LogP contribution in [0.25, 0.3) is 0 Å². The van der Waals surface area contributed by atoms with Crippen molar-refractivity contribution in [3.8, 4) is 0 Å². The van der Waals surface area contributed by atoms with Gasteiger partial charge < -0.3 is 10.1 Å². The maximum Gasteiger partial charge on any atom is 0.323 e. The summed E-state index contributed by atoms with van der Waals surface area (Å²) < 4.78 is 34.8. The van der Waals surface area contributed by atoms with Gasteiger partial charge in [-0.15, -0.1) is 0 Å². The summed E-state index contributed by atoms with van der Waals surface area (Å²) in [5, 5.41) is 2.96. The zero-order valence-electron chi connectivity index (χ0n) is 16.0. The summed E-state index contributed by atoms with van der Waals surface area (Å²) in [5.74, 6) is 0.0367. The van der Waals surface area contributed by atoms with E-state index in [1.165, 1.54) is 12.1 Å². The molecule has 6 nitrogen and oxygen atoms in total. The number of aryl methyl sites for hydroxylation is 1. The predicted octanol–water partition coefficient (Wildman–Crippen LogP) is 3.22. The van der Waals surface area contributed by atoms with Gasteiger partial charge in [-0.25, -0.2) is 0 Å². The molecule has 1 unspecified atom stereocenters. The number of ether oxygens (including phenoxy) is 1. The average molecular weight is 394 g/mol. The first-order chi connectivity index (χ1) is 12.6. The molecule has 0 heterocycles. The molecule has 148 valence electrons. The van der Waals surface area contributed by atoms with E-state index in [0.29, 0.717) is 6.61 Å². The molecule has 0 saturated carbocycles. The SMILES string of the molecule is CNC(C(=O)OCc1ccccc1)C(C)C.Cc1ccc(S(=O)(=O)O)cc1. The van der Waals surface area contributed by atoms with Crippen LogP contribution in [0.1, 0.15) is 25.0 Å². The predicted molar refractivity (Wildman–Crippen MR) is 105 cm³/mol. The number of hydrogen-bond acceptors (Lipinski definition) is 5. The van der Waals surface area contributed by atoms with Crippen molar-refractivity contribution in [1.82, 2.24) is 5.32 Å². The molecule has 0 aromatic heterocycles. The van der Waals surface area contributed by atoms with Gasteiger partial charge in [-0.3, -0.25) is 9.35 Å². The first-order valence-electron chi connectivity index (χ1n) is 8.57. The van der Waals surface area contributed by atoms with Crippen LogP contribution in [0.4, 0.5) is 0 Å². The van der Waals surface area contributed by atoms with Crippen LogP contribution in [0.15, 0.2) is 59.5 Å². The average Bonchev–Trinajstić information content (AvgIpc) is 2.61. The van der Waals surface area contributed by atoms with Crippen LogP contribution in [0.5, 0.6) is 0 Å². The maximum absolute atomic E-state index is 11.7. The second-order valence-corrected chi connectivity index (χ2v) is 7.81. The van der Waals surface area contributed by atoms with Crippen molar-refractivity contribution in [3.63, 3.8) is 0 Å². The highest BCUT2D eigenvalue weighted by molar-refractivity contribution is 7.85. The van der Waals surface area contributed by atoms with Gasteiger partial charge in [0, 0.05) is 0 Å². The van der Waals surface area contributed by atoms with E-state index in [-0.39, 0.29) is 22.8 Å². The topological polar surface area (TPSA) is 92.7 Å². The smallest absolute Gasteiger partial charge is 0.323 e. The Bertz CT molecular complexity index is 802. The van der Waals surface area contributed by atoms with E-state index < -0.39 is 10.1 Å². The van der Waals surface area contributed by atoms with E-state index in [4.69, 9.17) is 9.29 Å². The van der Waals surface area contributed by atoms with Crippen LogP contribution >= 0.6 is 0 Å². The molecule has 0 amide bonds. The molecule has 7 heteroatoms. The Morgan fingerprint density at radius 3 is 2.07 bits per heavy atom. The second-order valence-electron chi connectivity index (χ2n) is 6.39. The summed E-state index contributed by atoms with van der Waals surface area (Å²) in [6.07, 6.45) is 0. The summed E-state index contributed by atoms with van der Waals surface area (Å²) in [6, 6.07) is 15.4. The minimum Gasteiger partial charge on any atom is -0.460 e. The molecular formula is C20H27NO5S. The van der Waals surface area contributed by atoms with E-state index in [1.54, 1.807) is 19.2 Å². The Balaban J connectivity index is 0.000000289. The third-order valence-corrected chi connectivity index (χ3v) is 4.64. The van der Waals surface area contributed by atoms with E-state index in [2.05, 4.69) is 5.32 Å². The van der Waals surface area contributed by atoms with Crippen molar-refractivity contribution in [2.75, 3.05) is 7.05 Å². The van der Waals surface area contributed by atoms with Gasteiger partial charge in [0.25, 0.3) is 10.1 Å². The normalized spacial score (nSPS) is 12.1. The van der Waals surface area contributed by atoms with Gasteiger partial charge in [-0.1, -0.05) is 61.9 Å². The van der Waals surface area contributed by atoms with Crippen LogP contribution < -0.4 is 5.32 Å². The largest absolute Gasteiger partial charge is 0.460 e. The summed E-state index contributed by atoms with van der Waals surface area (Å²) >= 11 is 0. The fourth-order valence-corrected chi connectivity index (χ4v) is 2.73. The molecule has 27 heavy (non-hydrogen) atoms. The zero-order chi connectivity index (χ0) is 20.4. The van der Waals surface area contributed by atoms with Gasteiger partial charge in [0.2, 0.25) is 0 Å². The number of benzene rings is 2. The molecule has 0 aliphatic heterocycles. The van der Waals surface area contributed by atoms with Gasteiger partial charge >= 0.3 is 5.97 Å². The zero-order valence-corrected chi connectivity index (χ0v) is 16.9. The van der Waals surface area contributed by atoms with Crippen molar-refractivity contribution in [1.29, 1.82) is 0 Å². The molecule has 0 aliphatic carbocycles. The Morgan fingerprint density at radius 1 is 1.07 bits per heavy atom. The Labute approximate surface area is 161 Å². The van der Waals surface area contributed by atoms with Crippen molar-refractivity contribution >= 4 is 16.1 Å². The van der Waals surface area contributed by atoms with Gasteiger partial charge in [0.15, 0.2) is 0 Å². The minimum atomic E-state index is -4.02. The van der Waals surface area contributed by atoms with E-state index in [9.17, 15) is 13.2 Å². The minimum absolute atomic E-state index is 0.0666. The Hall–Kier alpha value is -2.22. The molecule has 0 spiro atoms. The van der Waals surface area contributed by atoms with E-state index >= 15 is 0 Å². The molecule has 0 bridgehead atoms. The number of nitrogens with one attached hydrogen (secondary N) is 1. The summed E-state index contributed by atoms with van der Waals surface area (Å²) in [4.78, 5) is 11.6. The molecule has 0 saturated heterocycles. The molecule has 2 N–H and O–H groups in total. The Kier molecular flexibility index (Phi) is 9.14. The fraction of sp³-hybridized carbons (Fsp3) is 0.350. The molecule has 0 aliphatic rings. The summed E-state index contributed by atoms with van der Waals surface area (Å²) in [6.45, 7) is 6.16. The van der Waals surface area contributed by atoms with Crippen LogP contribution in [0.2, 0.25) is 0 Å². The third kappa shape index (κ3) is 8.34. The first-order valence-corrected chi connectivity index (χ1v) is 10.0. The molecule has 2 aromatic carbocycles. The summed E-state index contributed by atoms with van der Waals surface area (Å²) in [5.41, 5.74) is 1.96. The monoisotopic (exact) mass is 393 g/mol. The van der Waals surface area contributed by atoms with Gasteiger partial charge in [0.1, 0.15) is 12.6 Å². The van der Waals surface area contributed by atoms with Gasteiger partial charge in [-0.05, 0) is 37.6 Å². The number of carbonyl (C=O) groups is 1. The van der Waals surface area contributed by atoms with Gasteiger partial charge in [0.05, 0.1) is 4.90 Å². The standard InChI is InChI=1S/C13H19NO2.C7H8O3S/c1-10(2)12(14-3)13(15)16-9-11-7-5-4-6-8-11;1-6-2-4-7(5-3-6)11(8,9)10/h4-8,10,12,14H,9H2,1-3H3;2-5H,1H3,(H,8,9,10). The lowest BCUT2D eigenvalue weighted by molar-refractivity contribution is -0.148. The summed E-state index contributed by atoms with van der Waals surface area (Å²) in [7, 11) is -2.25. The second kappa shape index (κ2) is 10.8. The lowest BCUT2D eigenvalue weighted by atomic mass is 10.1. The molecule has 2 rings (SSSR count). The third-order valence-electron chi connectivity index (χ3n) is 3.77. The van der Waals surface area contributed by atoms with Gasteiger partial charge in [-0.2, -0.15) is 8.42 Å². The van der Waals surface area contributed by atoms with Crippen LogP contribution in [-0.2, 0) is 26.3 Å². The van der Waals surface area contributed by atoms with Crippen LogP contribution in [0.3, 0.4) is 0 Å². The lowest BCUT2D eigenvalue weighted by Gasteiger charge is -2.18. The molecule has 1 atom stereocenters. The molecule has 2 aromatic rings. The van der Waals surface area contributed by atoms with Crippen LogP contribution in [-0.4, -0.2) is 32.0 Å². The molecule has 0 fully saturated rings. The highest BCUT2D eigenvalue weighted by atomic mass is 32.2. The molecule has 0 radical (unpaired) electrons. The van der Waals surface area contributed by atoms with E-state index in [0.717, 1.165) is 11.1 Å². The maximum atomic E-state index is 11.7. The van der Waals surface area contributed by atoms with Crippen molar-refractivity contribution in [2.24, 2.45) is 5.92 Å². The molecular weight excluding hydrogens is 366 g/mol. The fourth-order valence-electron chi connectivity index (χ4n) is 2.25. The number of carbonyl (C=O) groups excluding carboxylic acids is 1. The number of likely N-dealkylation sites (N-methyl/N-ethyl adjacent to an activating group) is 1. The number of hydrogen-bond donors (Lipinski definition) is 2. The van der Waals surface area contributed by atoms with Crippen molar-refractivity contribution < 1.29 is 22.5 Å². The first kappa shape index (κ1) is 22.8. The number of rotatable bonds is 6. The number of esters is 1. The lowest BCUT2D eigenvalue weighted by Crippen LogP contribution is -2.39.